The fourth-order valence-corrected chi connectivity index (χ4v) is 72.5. The number of hydrogen-bond donors (Lipinski definition) is 0. The molecule has 0 aliphatic carbocycles. The molecule has 0 atom stereocenters. The van der Waals surface area contributed by atoms with Gasteiger partial charge in [0, 0.05) is 0 Å². The first-order valence-electron chi connectivity index (χ1n) is 20.1. The van der Waals surface area contributed by atoms with E-state index < -0.39 is 29.8 Å². The minimum atomic E-state index is -3.23. The Balaban J connectivity index is 1.68. The van der Waals surface area contributed by atoms with E-state index in [-0.39, 0.29) is 0 Å². The Morgan fingerprint density at radius 1 is 0.155 bits per heavy atom. The highest BCUT2D eigenvalue weighted by Gasteiger charge is 2.67. The zero-order valence-electron chi connectivity index (χ0n) is 32.4. The number of rotatable bonds is 12. The summed E-state index contributed by atoms with van der Waals surface area (Å²) in [5.41, 5.74) is 0. The highest BCUT2D eigenvalue weighted by Crippen LogP contribution is 2.60. The lowest BCUT2D eigenvalue weighted by Crippen LogP contribution is -2.84. The van der Waals surface area contributed by atoms with E-state index in [4.69, 9.17) is 0 Å². The van der Waals surface area contributed by atoms with Crippen molar-refractivity contribution in [2.24, 2.45) is 0 Å². The fraction of sp³-hybridized carbons (Fsp3) is 0. The Labute approximate surface area is 347 Å². The van der Waals surface area contributed by atoms with Crippen LogP contribution < -0.4 is 46.7 Å². The zero-order chi connectivity index (χ0) is 39.1. The van der Waals surface area contributed by atoms with Gasteiger partial charge in [0.15, 0.2) is 23.2 Å². The van der Waals surface area contributed by atoms with Crippen LogP contribution in [0.4, 0.5) is 0 Å². The Morgan fingerprint density at radius 3 is 0.362 bits per heavy atom. The molecule has 0 nitrogen and oxygen atoms in total. The second-order valence-corrected chi connectivity index (χ2v) is 39.0. The smallest absolute Gasteiger partial charge is 0.0986 e. The molecule has 278 valence electrons. The van der Waals surface area contributed by atoms with Gasteiger partial charge in [-0.05, 0) is 46.7 Å². The van der Waals surface area contributed by atoms with Crippen LogP contribution in [0.3, 0.4) is 0 Å². The van der Waals surface area contributed by atoms with E-state index in [0.29, 0.717) is 0 Å². The molecule has 0 N–H and O–H groups in total. The van der Waals surface area contributed by atoms with Gasteiger partial charge in [-0.3, -0.25) is 0 Å². The summed E-state index contributed by atoms with van der Waals surface area (Å²) in [5, 5.41) is 13.1. The summed E-state index contributed by atoms with van der Waals surface area (Å²) in [5.74, 6) is 0. The molecule has 58 heavy (non-hydrogen) atoms. The van der Waals surface area contributed by atoms with E-state index in [2.05, 4.69) is 273 Å². The molecule has 0 saturated heterocycles. The second kappa shape index (κ2) is 16.9. The van der Waals surface area contributed by atoms with E-state index in [9.17, 15) is 0 Å². The van der Waals surface area contributed by atoms with Crippen molar-refractivity contribution in [2.75, 3.05) is 0 Å². The normalized spacial score (nSPS) is 11.9. The van der Waals surface area contributed by atoms with Gasteiger partial charge < -0.3 is 0 Å². The van der Waals surface area contributed by atoms with Gasteiger partial charge in [-0.25, -0.2) is 0 Å². The van der Waals surface area contributed by atoms with E-state index >= 15 is 0 Å². The highest BCUT2D eigenvalue weighted by atomic mass is 31.8. The maximum absolute atomic E-state index is 3.23. The van der Waals surface area contributed by atoms with Crippen molar-refractivity contribution in [1.29, 1.82) is 0 Å². The van der Waals surface area contributed by atoms with Crippen LogP contribution in [0.2, 0.25) is 0 Å². The average Bonchev–Trinajstić information content (AvgIpc) is 3.33. The highest BCUT2D eigenvalue weighted by molar-refractivity contribution is 8.45. The Hall–Kier alpha value is -5.94. The molecule has 0 aliphatic rings. The van der Waals surface area contributed by atoms with Gasteiger partial charge in [0.2, 0.25) is 0 Å². The molecule has 0 amide bonds. The lowest BCUT2D eigenvalue weighted by molar-refractivity contribution is 1.69. The van der Waals surface area contributed by atoms with Gasteiger partial charge in [0.25, 0.3) is 0 Å². The maximum atomic E-state index is 2.49. The van der Waals surface area contributed by atoms with Crippen LogP contribution in [0.25, 0.3) is 0 Å². The van der Waals surface area contributed by atoms with Gasteiger partial charge in [-0.15, -0.1) is 0 Å². The number of benzene rings is 9. The third-order valence-corrected chi connectivity index (χ3v) is 55.4. The third kappa shape index (κ3) is 6.32. The topological polar surface area (TPSA) is 0 Å². The first kappa shape index (κ1) is 37.6. The fourth-order valence-electron chi connectivity index (χ4n) is 9.53. The lowest BCUT2D eigenvalue weighted by atomic mass is 10.3. The van der Waals surface area contributed by atoms with Gasteiger partial charge >= 0.3 is 0 Å². The van der Waals surface area contributed by atoms with Crippen molar-refractivity contribution in [3.63, 3.8) is 0 Å². The molecular formula is C54H45PSi3. The van der Waals surface area contributed by atoms with Gasteiger partial charge in [0.05, 0.1) is 0 Å². The molecule has 9 aromatic carbocycles. The van der Waals surface area contributed by atoms with Crippen molar-refractivity contribution in [3.8, 4) is 0 Å². The molecular weight excluding hydrogens is 764 g/mol. The van der Waals surface area contributed by atoms with Crippen LogP contribution in [0.1, 0.15) is 0 Å². The molecule has 0 spiro atoms. The van der Waals surface area contributed by atoms with Crippen molar-refractivity contribution in [1.82, 2.24) is 0 Å². The second-order valence-electron chi connectivity index (χ2n) is 14.8. The number of hydrogen-bond acceptors (Lipinski definition) is 0. The molecule has 9 rings (SSSR count). The summed E-state index contributed by atoms with van der Waals surface area (Å²) in [6, 6.07) is 106. The standard InChI is InChI=1S/C54H45PSi3/c1-10-28-46(29-11-1)56(47-30-12-2-13-31-47,48-32-14-3-15-33-48)55(57(49-34-16-4-17-35-49,50-36-18-5-19-37-50)51-38-20-6-21-39-51)58(52-40-22-7-23-41-52,53-42-24-8-25-43-53)54-44-26-9-27-45-54/h1-45H. The zero-order valence-corrected chi connectivity index (χ0v) is 36.3. The summed E-state index contributed by atoms with van der Waals surface area (Å²) in [6.45, 7) is -1.17. The van der Waals surface area contributed by atoms with Crippen molar-refractivity contribution >= 4 is 76.5 Å². The third-order valence-electron chi connectivity index (χ3n) is 11.7. The molecule has 9 aromatic rings. The predicted octanol–water partition coefficient (Wildman–Crippen LogP) is 7.47. The molecule has 0 bridgehead atoms. The van der Waals surface area contributed by atoms with E-state index in [1.807, 2.05) is 0 Å². The summed E-state index contributed by atoms with van der Waals surface area (Å²) in [4.78, 5) is 0. The van der Waals surface area contributed by atoms with E-state index in [1.54, 1.807) is 0 Å². The van der Waals surface area contributed by atoms with Crippen molar-refractivity contribution < 1.29 is 0 Å². The molecule has 0 unspecified atom stereocenters. The van der Waals surface area contributed by atoms with Crippen LogP contribution in [0.5, 0.6) is 0 Å². The van der Waals surface area contributed by atoms with Crippen LogP contribution in [0, 0.1) is 0 Å². The summed E-state index contributed by atoms with van der Waals surface area (Å²) in [6.07, 6.45) is 0. The summed E-state index contributed by atoms with van der Waals surface area (Å²) in [7, 11) is -9.70. The Kier molecular flexibility index (Phi) is 11.0. The molecule has 0 fully saturated rings. The molecule has 0 aliphatic heterocycles. The molecule has 4 heteroatoms. The summed E-state index contributed by atoms with van der Waals surface area (Å²) >= 11 is 0. The Bertz CT molecular complexity index is 2040. The lowest BCUT2D eigenvalue weighted by Gasteiger charge is -2.59. The molecule has 0 aromatic heterocycles. The Morgan fingerprint density at radius 2 is 0.259 bits per heavy atom. The van der Waals surface area contributed by atoms with Crippen LogP contribution in [-0.4, -0.2) is 23.2 Å². The first-order chi connectivity index (χ1) is 28.8. The molecule has 0 radical (unpaired) electrons. The van der Waals surface area contributed by atoms with Gasteiger partial charge in [0.1, 0.15) is 0 Å². The summed E-state index contributed by atoms with van der Waals surface area (Å²) < 4.78 is 0. The maximum Gasteiger partial charge on any atom is 0.169 e. The largest absolute Gasteiger partial charge is 0.169 e. The first-order valence-corrected chi connectivity index (χ1v) is 30.0. The van der Waals surface area contributed by atoms with Crippen LogP contribution >= 0.6 is 6.57 Å². The van der Waals surface area contributed by atoms with Crippen LogP contribution in [-0.2, 0) is 0 Å². The monoisotopic (exact) mass is 808 g/mol. The van der Waals surface area contributed by atoms with Gasteiger partial charge in [-0.1, -0.05) is 280 Å². The predicted molar refractivity (Wildman–Crippen MR) is 259 cm³/mol. The molecule has 0 saturated carbocycles. The van der Waals surface area contributed by atoms with E-state index in [0.717, 1.165) is 0 Å². The average molecular weight is 809 g/mol. The SMILES string of the molecule is c1ccc([Si](c2ccccc2)(c2ccccc2)P([Si](c2ccccc2)(c2ccccc2)c2ccccc2)[Si](c2ccccc2)(c2ccccc2)c2ccccc2)cc1. The van der Waals surface area contributed by atoms with Crippen molar-refractivity contribution in [2.45, 2.75) is 0 Å². The molecule has 0 heterocycles. The van der Waals surface area contributed by atoms with Crippen LogP contribution in [0.15, 0.2) is 273 Å². The minimum absolute atomic E-state index is 1.17. The van der Waals surface area contributed by atoms with Gasteiger partial charge in [-0.2, -0.15) is 0 Å². The quantitative estimate of drug-likeness (QED) is 0.0684. The minimum Gasteiger partial charge on any atom is -0.0986 e. The van der Waals surface area contributed by atoms with Crippen molar-refractivity contribution in [3.05, 3.63) is 273 Å². The van der Waals surface area contributed by atoms with E-state index in [1.165, 1.54) is 46.7 Å².